The molecular formula is C16H24Cl2N2O2. The van der Waals surface area contributed by atoms with E-state index in [1.54, 1.807) is 0 Å². The van der Waals surface area contributed by atoms with E-state index in [1.165, 1.54) is 0 Å². The highest BCUT2D eigenvalue weighted by Crippen LogP contribution is 2.40. The lowest BCUT2D eigenvalue weighted by atomic mass is 9.73. The van der Waals surface area contributed by atoms with E-state index < -0.39 is 6.04 Å². The quantitative estimate of drug-likeness (QED) is 0.851. The molecule has 4 nitrogen and oxygen atoms in total. The smallest absolute Gasteiger partial charge is 0.327 e. The second-order valence-electron chi connectivity index (χ2n) is 6.09. The summed E-state index contributed by atoms with van der Waals surface area (Å²) >= 11 is 0. The van der Waals surface area contributed by atoms with Crippen molar-refractivity contribution in [3.05, 3.63) is 35.9 Å². The number of hydrogen-bond acceptors (Lipinski definition) is 4. The zero-order valence-electron chi connectivity index (χ0n) is 12.6. The van der Waals surface area contributed by atoms with E-state index in [-0.39, 0.29) is 36.2 Å². The minimum absolute atomic E-state index is 0. The highest BCUT2D eigenvalue weighted by molar-refractivity contribution is 5.85. The van der Waals surface area contributed by atoms with E-state index >= 15 is 0 Å². The number of halogens is 2. The first-order valence-electron chi connectivity index (χ1n) is 7.38. The number of nitrogens with two attached hydrogens (primary N) is 1. The highest BCUT2D eigenvalue weighted by atomic mass is 35.5. The van der Waals surface area contributed by atoms with E-state index in [2.05, 4.69) is 4.90 Å². The zero-order valence-corrected chi connectivity index (χ0v) is 14.2. The Morgan fingerprint density at radius 2 is 1.68 bits per heavy atom. The molecule has 0 saturated carbocycles. The lowest BCUT2D eigenvalue weighted by molar-refractivity contribution is -0.152. The summed E-state index contributed by atoms with van der Waals surface area (Å²) < 4.78 is 5.53. The molecule has 3 saturated heterocycles. The van der Waals surface area contributed by atoms with Gasteiger partial charge in [-0.2, -0.15) is 0 Å². The molecule has 1 unspecified atom stereocenters. The van der Waals surface area contributed by atoms with Crippen LogP contribution in [0.2, 0.25) is 0 Å². The normalized spacial score (nSPS) is 27.2. The predicted molar refractivity (Wildman–Crippen MR) is 91.5 cm³/mol. The van der Waals surface area contributed by atoms with Crippen molar-refractivity contribution in [1.29, 1.82) is 0 Å². The van der Waals surface area contributed by atoms with Crippen molar-refractivity contribution in [3.8, 4) is 0 Å². The summed E-state index contributed by atoms with van der Waals surface area (Å²) in [6.45, 7) is 3.95. The van der Waals surface area contributed by atoms with E-state index in [0.717, 1.165) is 44.5 Å². The first-order chi connectivity index (χ1) is 9.69. The van der Waals surface area contributed by atoms with Crippen LogP contribution < -0.4 is 5.73 Å². The lowest BCUT2D eigenvalue weighted by Gasteiger charge is -2.47. The van der Waals surface area contributed by atoms with Crippen LogP contribution in [0.3, 0.4) is 0 Å². The average Bonchev–Trinajstić information content (AvgIpc) is 2.54. The molecule has 4 rings (SSSR count). The van der Waals surface area contributed by atoms with E-state index in [0.29, 0.717) is 6.61 Å². The van der Waals surface area contributed by atoms with Crippen LogP contribution >= 0.6 is 24.8 Å². The van der Waals surface area contributed by atoms with Gasteiger partial charge in [-0.1, -0.05) is 30.3 Å². The predicted octanol–water partition coefficient (Wildman–Crippen LogP) is 2.56. The number of ether oxygens (including phenoxy) is 1. The Kier molecular flexibility index (Phi) is 7.13. The van der Waals surface area contributed by atoms with Gasteiger partial charge >= 0.3 is 5.97 Å². The maximum absolute atomic E-state index is 12.1. The van der Waals surface area contributed by atoms with Crippen molar-refractivity contribution in [2.24, 2.45) is 11.1 Å². The summed E-state index contributed by atoms with van der Waals surface area (Å²) in [6.07, 6.45) is 3.42. The Morgan fingerprint density at radius 1 is 1.14 bits per heavy atom. The molecule has 0 aliphatic carbocycles. The Balaban J connectivity index is 0.00000121. The van der Waals surface area contributed by atoms with Gasteiger partial charge in [0.1, 0.15) is 6.04 Å². The minimum Gasteiger partial charge on any atom is -0.464 e. The molecule has 3 heterocycles. The summed E-state index contributed by atoms with van der Waals surface area (Å²) in [5, 5.41) is 0. The summed E-state index contributed by atoms with van der Waals surface area (Å²) in [5.74, 6) is -0.307. The van der Waals surface area contributed by atoms with Gasteiger partial charge in [-0.05, 0) is 44.5 Å². The molecule has 0 aromatic heterocycles. The molecule has 1 aromatic carbocycles. The first-order valence-corrected chi connectivity index (χ1v) is 7.38. The topological polar surface area (TPSA) is 55.6 Å². The van der Waals surface area contributed by atoms with Crippen LogP contribution in [-0.4, -0.2) is 37.1 Å². The van der Waals surface area contributed by atoms with Gasteiger partial charge in [0.2, 0.25) is 0 Å². The van der Waals surface area contributed by atoms with E-state index in [1.807, 2.05) is 30.3 Å². The molecule has 1 atom stereocenters. The molecule has 2 N–H and O–H groups in total. The van der Waals surface area contributed by atoms with Gasteiger partial charge in [-0.15, -0.1) is 24.8 Å². The lowest BCUT2D eigenvalue weighted by Crippen LogP contribution is -2.50. The Labute approximate surface area is 144 Å². The van der Waals surface area contributed by atoms with Gasteiger partial charge in [0.15, 0.2) is 0 Å². The second kappa shape index (κ2) is 8.16. The minimum atomic E-state index is -0.670. The fourth-order valence-corrected chi connectivity index (χ4v) is 3.22. The van der Waals surface area contributed by atoms with Crippen LogP contribution in [0, 0.1) is 5.41 Å². The number of carbonyl (C=O) groups excluding carboxylic acids is 1. The fourth-order valence-electron chi connectivity index (χ4n) is 3.22. The van der Waals surface area contributed by atoms with Gasteiger partial charge in [0.05, 0.1) is 6.61 Å². The van der Waals surface area contributed by atoms with Crippen LogP contribution in [0.25, 0.3) is 0 Å². The zero-order chi connectivity index (χ0) is 14.0. The number of carbonyl (C=O) groups is 1. The van der Waals surface area contributed by atoms with E-state index in [9.17, 15) is 4.79 Å². The van der Waals surface area contributed by atoms with Gasteiger partial charge in [0.25, 0.3) is 0 Å². The van der Waals surface area contributed by atoms with Gasteiger partial charge in [-0.25, -0.2) is 4.79 Å². The van der Waals surface area contributed by atoms with Crippen molar-refractivity contribution < 1.29 is 9.53 Å². The number of nitrogens with zero attached hydrogens (tertiary/aromatic N) is 1. The molecule has 3 fully saturated rings. The van der Waals surface area contributed by atoms with Crippen LogP contribution in [0.1, 0.15) is 30.9 Å². The monoisotopic (exact) mass is 346 g/mol. The third kappa shape index (κ3) is 4.13. The molecule has 0 amide bonds. The van der Waals surface area contributed by atoms with Gasteiger partial charge in [0, 0.05) is 5.41 Å². The SMILES string of the molecule is Cl.Cl.NC(C(=O)OCC12CCN(CC1)CC2)c1ccccc1. The molecule has 22 heavy (non-hydrogen) atoms. The third-order valence-electron chi connectivity index (χ3n) is 4.81. The van der Waals surface area contributed by atoms with Crippen molar-refractivity contribution in [2.75, 3.05) is 26.2 Å². The van der Waals surface area contributed by atoms with Crippen molar-refractivity contribution in [3.63, 3.8) is 0 Å². The van der Waals surface area contributed by atoms with Crippen LogP contribution in [0.4, 0.5) is 0 Å². The molecule has 6 heteroatoms. The second-order valence-corrected chi connectivity index (χ2v) is 6.09. The Morgan fingerprint density at radius 3 is 2.23 bits per heavy atom. The number of piperidine rings is 3. The van der Waals surface area contributed by atoms with Gasteiger partial charge < -0.3 is 15.4 Å². The first kappa shape index (κ1) is 19.2. The summed E-state index contributed by atoms with van der Waals surface area (Å²) in [5.41, 5.74) is 6.99. The largest absolute Gasteiger partial charge is 0.464 e. The molecule has 0 spiro atoms. The molecule has 1 aromatic rings. The summed E-state index contributed by atoms with van der Waals surface area (Å²) in [6, 6.07) is 8.75. The third-order valence-corrected chi connectivity index (χ3v) is 4.81. The molecule has 3 aliphatic heterocycles. The number of esters is 1. The number of hydrogen-bond donors (Lipinski definition) is 1. The number of benzene rings is 1. The number of rotatable bonds is 4. The van der Waals surface area contributed by atoms with Crippen LogP contribution in [0.15, 0.2) is 30.3 Å². The molecule has 124 valence electrons. The standard InChI is InChI=1S/C16H22N2O2.2ClH/c17-14(13-4-2-1-3-5-13)15(19)20-12-16-6-9-18(10-7-16)11-8-16;;/h1-5,14H,6-12,17H2;2*1H. The van der Waals surface area contributed by atoms with Crippen molar-refractivity contribution in [2.45, 2.75) is 25.3 Å². The Bertz CT molecular complexity index is 463. The summed E-state index contributed by atoms with van der Waals surface area (Å²) in [7, 11) is 0. The van der Waals surface area contributed by atoms with E-state index in [4.69, 9.17) is 10.5 Å². The maximum Gasteiger partial charge on any atom is 0.327 e. The molecule has 2 bridgehead atoms. The highest BCUT2D eigenvalue weighted by Gasteiger charge is 2.40. The fraction of sp³-hybridized carbons (Fsp3) is 0.562. The number of fused-ring (bicyclic) bond motifs is 3. The van der Waals surface area contributed by atoms with Crippen LogP contribution in [-0.2, 0) is 9.53 Å². The molecule has 3 aliphatic rings. The van der Waals surface area contributed by atoms with Crippen molar-refractivity contribution in [1.82, 2.24) is 4.90 Å². The summed E-state index contributed by atoms with van der Waals surface area (Å²) in [4.78, 5) is 14.6. The maximum atomic E-state index is 12.1. The van der Waals surface area contributed by atoms with Gasteiger partial charge in [-0.3, -0.25) is 0 Å². The molecular weight excluding hydrogens is 323 g/mol. The average molecular weight is 347 g/mol. The van der Waals surface area contributed by atoms with Crippen molar-refractivity contribution >= 4 is 30.8 Å². The van der Waals surface area contributed by atoms with Crippen LogP contribution in [0.5, 0.6) is 0 Å². The Hall–Kier alpha value is -0.810. The molecule has 0 radical (unpaired) electrons.